The number of ether oxygens (including phenoxy) is 1. The lowest BCUT2D eigenvalue weighted by molar-refractivity contribution is 0.291. The molecule has 0 aliphatic carbocycles. The molecule has 0 fully saturated rings. The standard InChI is InChI=1S/C15H19Cl2N3O/c1-4-12-7-13(20(3)19-12)9-21-15-10(8-18-2)5-11(16)6-14(15)17/h5-7,18H,4,8-9H2,1-3H3. The van der Waals surface area contributed by atoms with Crippen LogP contribution >= 0.6 is 23.2 Å². The second kappa shape index (κ2) is 7.16. The van der Waals surface area contributed by atoms with Crippen molar-refractivity contribution in [2.75, 3.05) is 7.05 Å². The summed E-state index contributed by atoms with van der Waals surface area (Å²) in [7, 11) is 3.78. The van der Waals surface area contributed by atoms with Gasteiger partial charge in [-0.15, -0.1) is 0 Å². The molecule has 0 aliphatic rings. The molecular weight excluding hydrogens is 309 g/mol. The number of aromatic nitrogens is 2. The van der Waals surface area contributed by atoms with Crippen LogP contribution in [-0.4, -0.2) is 16.8 Å². The molecule has 0 aliphatic heterocycles. The largest absolute Gasteiger partial charge is 0.485 e. The fourth-order valence-electron chi connectivity index (χ4n) is 2.12. The molecular formula is C15H19Cl2N3O. The zero-order valence-corrected chi connectivity index (χ0v) is 13.9. The molecule has 2 aromatic rings. The van der Waals surface area contributed by atoms with Crippen molar-refractivity contribution in [3.63, 3.8) is 0 Å². The lowest BCUT2D eigenvalue weighted by Gasteiger charge is -2.13. The predicted octanol–water partition coefficient (Wildman–Crippen LogP) is 3.59. The zero-order valence-electron chi connectivity index (χ0n) is 12.4. The average Bonchev–Trinajstić information content (AvgIpc) is 2.79. The maximum absolute atomic E-state index is 6.25. The van der Waals surface area contributed by atoms with Crippen molar-refractivity contribution in [3.8, 4) is 5.75 Å². The van der Waals surface area contributed by atoms with Gasteiger partial charge in [0.25, 0.3) is 0 Å². The highest BCUT2D eigenvalue weighted by molar-refractivity contribution is 6.35. The van der Waals surface area contributed by atoms with Gasteiger partial charge < -0.3 is 10.1 Å². The van der Waals surface area contributed by atoms with Crippen LogP contribution in [0.5, 0.6) is 5.75 Å². The second-order valence-electron chi connectivity index (χ2n) is 4.80. The van der Waals surface area contributed by atoms with E-state index in [0.29, 0.717) is 28.9 Å². The molecule has 0 radical (unpaired) electrons. The van der Waals surface area contributed by atoms with Crippen LogP contribution in [0.25, 0.3) is 0 Å². The summed E-state index contributed by atoms with van der Waals surface area (Å²) in [5, 5.41) is 8.62. The molecule has 0 amide bonds. The van der Waals surface area contributed by atoms with Crippen LogP contribution in [0, 0.1) is 0 Å². The Morgan fingerprint density at radius 2 is 2.05 bits per heavy atom. The Morgan fingerprint density at radius 3 is 2.67 bits per heavy atom. The maximum atomic E-state index is 6.25. The van der Waals surface area contributed by atoms with E-state index < -0.39 is 0 Å². The van der Waals surface area contributed by atoms with E-state index in [0.717, 1.165) is 23.4 Å². The van der Waals surface area contributed by atoms with Crippen molar-refractivity contribution in [3.05, 3.63) is 45.2 Å². The van der Waals surface area contributed by atoms with Crippen LogP contribution in [-0.2, 0) is 26.6 Å². The van der Waals surface area contributed by atoms with Crippen LogP contribution in [0.1, 0.15) is 23.9 Å². The van der Waals surface area contributed by atoms with Gasteiger partial charge in [-0.25, -0.2) is 0 Å². The van der Waals surface area contributed by atoms with Gasteiger partial charge in [0, 0.05) is 24.2 Å². The van der Waals surface area contributed by atoms with Gasteiger partial charge in [-0.2, -0.15) is 5.10 Å². The minimum atomic E-state index is 0.418. The predicted molar refractivity (Wildman–Crippen MR) is 86.1 cm³/mol. The van der Waals surface area contributed by atoms with Crippen molar-refractivity contribution >= 4 is 23.2 Å². The van der Waals surface area contributed by atoms with Gasteiger partial charge in [0.2, 0.25) is 0 Å². The molecule has 1 N–H and O–H groups in total. The Bertz CT molecular complexity index is 626. The van der Waals surface area contributed by atoms with Crippen LogP contribution in [0.2, 0.25) is 10.0 Å². The number of benzene rings is 1. The third kappa shape index (κ3) is 3.90. The van der Waals surface area contributed by atoms with Gasteiger partial charge in [0.15, 0.2) is 0 Å². The lowest BCUT2D eigenvalue weighted by atomic mass is 10.2. The number of hydrogen-bond donors (Lipinski definition) is 1. The molecule has 0 bridgehead atoms. The third-order valence-corrected chi connectivity index (χ3v) is 3.71. The van der Waals surface area contributed by atoms with E-state index in [4.69, 9.17) is 27.9 Å². The van der Waals surface area contributed by atoms with Crippen molar-refractivity contribution in [1.29, 1.82) is 0 Å². The SMILES string of the molecule is CCc1cc(COc2c(Cl)cc(Cl)cc2CNC)n(C)n1. The van der Waals surface area contributed by atoms with Crippen LogP contribution in [0.15, 0.2) is 18.2 Å². The van der Waals surface area contributed by atoms with Gasteiger partial charge in [-0.1, -0.05) is 30.1 Å². The molecule has 0 saturated heterocycles. The number of aryl methyl sites for hydroxylation is 2. The van der Waals surface area contributed by atoms with Gasteiger partial charge >= 0.3 is 0 Å². The van der Waals surface area contributed by atoms with Crippen LogP contribution in [0.4, 0.5) is 0 Å². The van der Waals surface area contributed by atoms with E-state index in [-0.39, 0.29) is 0 Å². The highest BCUT2D eigenvalue weighted by Crippen LogP contribution is 2.33. The summed E-state index contributed by atoms with van der Waals surface area (Å²) in [4.78, 5) is 0. The Hall–Kier alpha value is -1.23. The van der Waals surface area contributed by atoms with E-state index in [1.807, 2.05) is 30.9 Å². The number of hydrogen-bond acceptors (Lipinski definition) is 3. The first kappa shape index (κ1) is 16.1. The first-order valence-electron chi connectivity index (χ1n) is 6.82. The van der Waals surface area contributed by atoms with Crippen LogP contribution in [0.3, 0.4) is 0 Å². The first-order chi connectivity index (χ1) is 10.0. The van der Waals surface area contributed by atoms with Crippen molar-refractivity contribution < 1.29 is 4.74 Å². The minimum Gasteiger partial charge on any atom is -0.485 e. The summed E-state index contributed by atoms with van der Waals surface area (Å²) < 4.78 is 7.74. The summed E-state index contributed by atoms with van der Waals surface area (Å²) in [5.74, 6) is 0.662. The summed E-state index contributed by atoms with van der Waals surface area (Å²) in [5.41, 5.74) is 3.00. The van der Waals surface area contributed by atoms with E-state index in [9.17, 15) is 0 Å². The van der Waals surface area contributed by atoms with Gasteiger partial charge in [-0.3, -0.25) is 4.68 Å². The molecule has 21 heavy (non-hydrogen) atoms. The van der Waals surface area contributed by atoms with Gasteiger partial charge in [-0.05, 0) is 31.7 Å². The smallest absolute Gasteiger partial charge is 0.143 e. The zero-order chi connectivity index (χ0) is 15.4. The second-order valence-corrected chi connectivity index (χ2v) is 5.64. The summed E-state index contributed by atoms with van der Waals surface area (Å²) in [6, 6.07) is 5.60. The lowest BCUT2D eigenvalue weighted by Crippen LogP contribution is -2.09. The Balaban J connectivity index is 2.20. The van der Waals surface area contributed by atoms with Gasteiger partial charge in [0.05, 0.1) is 16.4 Å². The van der Waals surface area contributed by atoms with E-state index in [1.54, 1.807) is 6.07 Å². The Kier molecular flexibility index (Phi) is 5.51. The molecule has 6 heteroatoms. The fraction of sp³-hybridized carbons (Fsp3) is 0.400. The normalized spacial score (nSPS) is 10.9. The quantitative estimate of drug-likeness (QED) is 0.881. The molecule has 1 aromatic heterocycles. The fourth-order valence-corrected chi connectivity index (χ4v) is 2.71. The number of nitrogens with zero attached hydrogens (tertiary/aromatic N) is 2. The van der Waals surface area contributed by atoms with Crippen molar-refractivity contribution in [2.45, 2.75) is 26.5 Å². The van der Waals surface area contributed by atoms with Crippen LogP contribution < -0.4 is 10.1 Å². The van der Waals surface area contributed by atoms with Gasteiger partial charge in [0.1, 0.15) is 12.4 Å². The summed E-state index contributed by atoms with van der Waals surface area (Å²) >= 11 is 12.3. The Labute approximate surface area is 135 Å². The van der Waals surface area contributed by atoms with E-state index in [1.165, 1.54) is 0 Å². The third-order valence-electron chi connectivity index (χ3n) is 3.21. The molecule has 0 atom stereocenters. The topological polar surface area (TPSA) is 39.1 Å². The number of nitrogens with one attached hydrogen (secondary N) is 1. The van der Waals surface area contributed by atoms with E-state index in [2.05, 4.69) is 17.3 Å². The van der Waals surface area contributed by atoms with E-state index >= 15 is 0 Å². The summed E-state index contributed by atoms with van der Waals surface area (Å²) in [6.07, 6.45) is 0.903. The molecule has 1 heterocycles. The molecule has 114 valence electrons. The minimum absolute atomic E-state index is 0.418. The van der Waals surface area contributed by atoms with Crippen molar-refractivity contribution in [1.82, 2.24) is 15.1 Å². The molecule has 2 rings (SSSR count). The molecule has 0 saturated carbocycles. The van der Waals surface area contributed by atoms with Crippen molar-refractivity contribution in [2.24, 2.45) is 7.05 Å². The molecule has 0 unspecified atom stereocenters. The molecule has 4 nitrogen and oxygen atoms in total. The number of rotatable bonds is 6. The molecule has 1 aromatic carbocycles. The monoisotopic (exact) mass is 327 g/mol. The highest BCUT2D eigenvalue weighted by Gasteiger charge is 2.12. The molecule has 0 spiro atoms. The highest BCUT2D eigenvalue weighted by atomic mass is 35.5. The Morgan fingerprint density at radius 1 is 1.29 bits per heavy atom. The maximum Gasteiger partial charge on any atom is 0.143 e. The average molecular weight is 328 g/mol. The number of halogens is 2. The first-order valence-corrected chi connectivity index (χ1v) is 7.57. The summed E-state index contributed by atoms with van der Waals surface area (Å²) in [6.45, 7) is 3.14.